The molecule has 0 saturated carbocycles. The predicted octanol–water partition coefficient (Wildman–Crippen LogP) is 7.90. The Kier molecular flexibility index (Phi) is 6.29. The lowest BCUT2D eigenvalue weighted by atomic mass is 10.0. The topological polar surface area (TPSA) is 14.2 Å². The maximum absolute atomic E-state index is 15.0. The summed E-state index contributed by atoms with van der Waals surface area (Å²) in [6.07, 6.45) is 1.70. The van der Waals surface area contributed by atoms with E-state index in [0.717, 1.165) is 12.6 Å². The highest BCUT2D eigenvalue weighted by Gasteiger charge is 2.46. The number of para-hydroxylation sites is 1. The van der Waals surface area contributed by atoms with E-state index in [9.17, 15) is 8.78 Å². The van der Waals surface area contributed by atoms with Crippen LogP contribution >= 0.6 is 0 Å². The Morgan fingerprint density at radius 2 is 1.26 bits per heavy atom. The van der Waals surface area contributed by atoms with Crippen molar-refractivity contribution in [2.75, 3.05) is 7.11 Å². The summed E-state index contributed by atoms with van der Waals surface area (Å²) in [5.74, 6) is -7.03. The molecule has 0 amide bonds. The van der Waals surface area contributed by atoms with Gasteiger partial charge in [-0.2, -0.15) is 8.78 Å². The lowest BCUT2D eigenvalue weighted by Crippen LogP contribution is -2.51. The van der Waals surface area contributed by atoms with E-state index in [-0.39, 0.29) is 5.56 Å². The summed E-state index contributed by atoms with van der Waals surface area (Å²) in [4.78, 5) is 0. The molecule has 0 fully saturated rings. The molecule has 2 nitrogen and oxygen atoms in total. The number of aromatic nitrogens is 1. The Bertz CT molecular complexity index is 1070. The molecule has 1 heterocycles. The second-order valence-corrected chi connectivity index (χ2v) is 14.7. The third kappa shape index (κ3) is 3.28. The normalized spacial score (nSPS) is 12.6. The monoisotopic (exact) mass is 451 g/mol. The zero-order valence-corrected chi connectivity index (χ0v) is 20.0. The average Bonchev–Trinajstić information content (AvgIpc) is 3.06. The van der Waals surface area contributed by atoms with Crippen LogP contribution in [0.15, 0.2) is 30.5 Å². The number of hydrogen-bond donors (Lipinski definition) is 0. The Balaban J connectivity index is 2.48. The van der Waals surface area contributed by atoms with Crippen LogP contribution < -0.4 is 4.74 Å². The van der Waals surface area contributed by atoms with Crippen LogP contribution in [0.25, 0.3) is 22.0 Å². The molecule has 0 spiro atoms. The Labute approximate surface area is 181 Å². The summed E-state index contributed by atoms with van der Waals surface area (Å²) in [5, 5.41) is 0.558. The average molecular weight is 452 g/mol. The molecule has 0 N–H and O–H groups in total. The van der Waals surface area contributed by atoms with Crippen molar-refractivity contribution in [3.8, 4) is 16.9 Å². The van der Waals surface area contributed by atoms with Gasteiger partial charge < -0.3 is 8.97 Å². The van der Waals surface area contributed by atoms with Crippen LogP contribution in [0.1, 0.15) is 41.5 Å². The highest BCUT2D eigenvalue weighted by molar-refractivity contribution is 6.82. The minimum atomic E-state index is -2.30. The van der Waals surface area contributed by atoms with Crippen molar-refractivity contribution in [2.24, 2.45) is 0 Å². The van der Waals surface area contributed by atoms with Gasteiger partial charge in [0.15, 0.2) is 25.6 Å². The minimum Gasteiger partial charge on any atom is -0.491 e. The third-order valence-corrected chi connectivity index (χ3v) is 13.4. The fourth-order valence-corrected chi connectivity index (χ4v) is 12.2. The molecule has 1 aromatic heterocycles. The number of nitrogens with zero attached hydrogens (tertiary/aromatic N) is 1. The first-order valence-electron chi connectivity index (χ1n) is 10.5. The smallest absolute Gasteiger partial charge is 0.204 e. The van der Waals surface area contributed by atoms with E-state index in [1.54, 1.807) is 18.3 Å². The van der Waals surface area contributed by atoms with Gasteiger partial charge in [-0.1, -0.05) is 59.7 Å². The van der Waals surface area contributed by atoms with Crippen molar-refractivity contribution >= 4 is 19.1 Å². The van der Waals surface area contributed by atoms with Crippen LogP contribution in [-0.2, 0) is 0 Å². The minimum absolute atomic E-state index is 0.143. The van der Waals surface area contributed by atoms with E-state index >= 15 is 8.78 Å². The van der Waals surface area contributed by atoms with E-state index in [1.165, 1.54) is 0 Å². The van der Waals surface area contributed by atoms with Gasteiger partial charge in [0.1, 0.15) is 0 Å². The van der Waals surface area contributed by atoms with Crippen molar-refractivity contribution in [2.45, 2.75) is 58.2 Å². The molecule has 2 aromatic carbocycles. The summed E-state index contributed by atoms with van der Waals surface area (Å²) in [6, 6.07) is 7.26. The van der Waals surface area contributed by atoms with E-state index in [0.29, 0.717) is 22.0 Å². The molecule has 0 saturated heterocycles. The summed E-state index contributed by atoms with van der Waals surface area (Å²) in [7, 11) is -1.33. The van der Waals surface area contributed by atoms with Crippen molar-refractivity contribution in [3.63, 3.8) is 0 Å². The molecule has 31 heavy (non-hydrogen) atoms. The quantitative estimate of drug-likeness (QED) is 0.211. The zero-order valence-electron chi connectivity index (χ0n) is 19.0. The van der Waals surface area contributed by atoms with Crippen LogP contribution in [0, 0.1) is 23.3 Å². The van der Waals surface area contributed by atoms with Crippen molar-refractivity contribution in [1.82, 2.24) is 4.23 Å². The highest BCUT2D eigenvalue weighted by atomic mass is 28.3. The van der Waals surface area contributed by atoms with Crippen LogP contribution in [0.3, 0.4) is 0 Å². The first-order valence-corrected chi connectivity index (χ1v) is 12.7. The standard InChI is InChI=1S/C24H29F4NOSi/c1-13(2)31(14(3)4,15(5)6)29-12-17(16-10-8-9-11-18(16)29)19-20(25)22(27)24(30-7)23(28)21(19)26/h8-15H,1-7H3. The van der Waals surface area contributed by atoms with Gasteiger partial charge in [0.25, 0.3) is 0 Å². The molecular formula is C24H29F4NOSi. The van der Waals surface area contributed by atoms with Crippen LogP contribution in [0.5, 0.6) is 5.75 Å². The van der Waals surface area contributed by atoms with Gasteiger partial charge in [0.2, 0.25) is 11.6 Å². The molecule has 0 atom stereocenters. The van der Waals surface area contributed by atoms with Gasteiger partial charge in [-0.25, -0.2) is 8.78 Å². The maximum atomic E-state index is 15.0. The number of ether oxygens (including phenoxy) is 1. The summed E-state index contributed by atoms with van der Waals surface area (Å²) in [6.45, 7) is 13.1. The molecule has 0 aliphatic rings. The number of rotatable bonds is 6. The largest absolute Gasteiger partial charge is 0.491 e. The molecule has 7 heteroatoms. The predicted molar refractivity (Wildman–Crippen MR) is 120 cm³/mol. The van der Waals surface area contributed by atoms with Crippen LogP contribution in [0.4, 0.5) is 17.6 Å². The van der Waals surface area contributed by atoms with E-state index in [1.807, 2.05) is 12.1 Å². The summed E-state index contributed by atoms with van der Waals surface area (Å²) >= 11 is 0. The molecule has 168 valence electrons. The maximum Gasteiger partial charge on any atom is 0.204 e. The van der Waals surface area contributed by atoms with E-state index in [4.69, 9.17) is 0 Å². The Morgan fingerprint density at radius 3 is 1.71 bits per heavy atom. The Hall–Kier alpha value is -2.28. The lowest BCUT2D eigenvalue weighted by Gasteiger charge is -2.44. The van der Waals surface area contributed by atoms with Gasteiger partial charge in [0, 0.05) is 22.7 Å². The fraction of sp³-hybridized carbons (Fsp3) is 0.417. The molecule has 0 bridgehead atoms. The van der Waals surface area contributed by atoms with E-state index < -0.39 is 42.8 Å². The molecule has 3 rings (SSSR count). The van der Waals surface area contributed by atoms with Crippen molar-refractivity contribution < 1.29 is 22.3 Å². The number of benzene rings is 2. The third-order valence-electron chi connectivity index (χ3n) is 6.60. The second-order valence-electron chi connectivity index (χ2n) is 8.95. The zero-order chi connectivity index (χ0) is 23.2. The van der Waals surface area contributed by atoms with Gasteiger partial charge in [-0.05, 0) is 22.7 Å². The molecule has 0 radical (unpaired) electrons. The SMILES string of the molecule is COc1c(F)c(F)c(-c2cn([Si](C(C)C)(C(C)C)C(C)C)c3ccccc23)c(F)c1F. The first kappa shape index (κ1) is 23.4. The fourth-order valence-electron chi connectivity index (χ4n) is 5.56. The van der Waals surface area contributed by atoms with Crippen LogP contribution in [-0.4, -0.2) is 19.6 Å². The van der Waals surface area contributed by atoms with Crippen molar-refractivity contribution in [3.05, 3.63) is 53.7 Å². The number of hydrogen-bond acceptors (Lipinski definition) is 1. The van der Waals surface area contributed by atoms with Gasteiger partial charge in [0.05, 0.1) is 12.7 Å². The number of fused-ring (bicyclic) bond motifs is 1. The van der Waals surface area contributed by atoms with Gasteiger partial charge in [-0.15, -0.1) is 0 Å². The first-order chi connectivity index (χ1) is 14.5. The lowest BCUT2D eigenvalue weighted by molar-refractivity contribution is 0.334. The molecule has 0 unspecified atom stereocenters. The highest BCUT2D eigenvalue weighted by Crippen LogP contribution is 2.47. The van der Waals surface area contributed by atoms with E-state index in [2.05, 4.69) is 50.5 Å². The van der Waals surface area contributed by atoms with Crippen LogP contribution in [0.2, 0.25) is 16.6 Å². The number of methoxy groups -OCH3 is 1. The molecule has 3 aromatic rings. The Morgan fingerprint density at radius 1 is 0.774 bits per heavy atom. The second kappa shape index (κ2) is 8.34. The summed E-state index contributed by atoms with van der Waals surface area (Å²) < 4.78 is 65.8. The molecule has 0 aliphatic carbocycles. The summed E-state index contributed by atoms with van der Waals surface area (Å²) in [5.41, 5.74) is 1.20. The van der Waals surface area contributed by atoms with Gasteiger partial charge >= 0.3 is 0 Å². The van der Waals surface area contributed by atoms with Crippen molar-refractivity contribution in [1.29, 1.82) is 0 Å². The van der Waals surface area contributed by atoms with Gasteiger partial charge in [-0.3, -0.25) is 0 Å². The molecule has 0 aliphatic heterocycles. The molecular weight excluding hydrogens is 422 g/mol. The number of halogens is 4.